The normalized spacial score (nSPS) is 15.7. The van der Waals surface area contributed by atoms with Gasteiger partial charge in [-0.3, -0.25) is 0 Å². The summed E-state index contributed by atoms with van der Waals surface area (Å²) in [6.07, 6.45) is 0. The fourth-order valence-electron chi connectivity index (χ4n) is 5.16. The van der Waals surface area contributed by atoms with Crippen LogP contribution in [0.25, 0.3) is 5.69 Å². The summed E-state index contributed by atoms with van der Waals surface area (Å²) in [5, 5.41) is 8.52. The summed E-state index contributed by atoms with van der Waals surface area (Å²) in [5.74, 6) is 2.29. The van der Waals surface area contributed by atoms with Crippen molar-refractivity contribution < 1.29 is 0 Å². The molecule has 1 aromatic heterocycles. The van der Waals surface area contributed by atoms with Crippen LogP contribution in [0.4, 0.5) is 22.9 Å². The lowest BCUT2D eigenvalue weighted by molar-refractivity contribution is 0.815. The summed E-state index contributed by atoms with van der Waals surface area (Å²) in [6, 6.07) is 39.0. The second-order valence-electron chi connectivity index (χ2n) is 9.13. The lowest BCUT2D eigenvalue weighted by Gasteiger charge is -2.40. The number of anilines is 2. The summed E-state index contributed by atoms with van der Waals surface area (Å²) >= 11 is 0. The Morgan fingerprint density at radius 3 is 2.11 bits per heavy atom. The van der Waals surface area contributed by atoms with E-state index in [-0.39, 0.29) is 6.04 Å². The van der Waals surface area contributed by atoms with Crippen molar-refractivity contribution in [2.75, 3.05) is 10.2 Å². The third-order valence-electron chi connectivity index (χ3n) is 6.79. The third-order valence-corrected chi connectivity index (χ3v) is 6.79. The van der Waals surface area contributed by atoms with Gasteiger partial charge in [0.2, 0.25) is 0 Å². The van der Waals surface area contributed by atoms with Crippen molar-refractivity contribution in [3.63, 3.8) is 0 Å². The van der Waals surface area contributed by atoms with Crippen LogP contribution in [-0.2, 0) is 0 Å². The number of benzene rings is 4. The summed E-state index contributed by atoms with van der Waals surface area (Å²) in [6.45, 7) is 2.07. The van der Waals surface area contributed by atoms with Crippen LogP contribution in [0.15, 0.2) is 125 Å². The van der Waals surface area contributed by atoms with Crippen LogP contribution in [0.1, 0.15) is 22.9 Å². The molecule has 0 saturated carbocycles. The molecule has 2 aliphatic heterocycles. The van der Waals surface area contributed by atoms with E-state index in [0.29, 0.717) is 5.84 Å². The van der Waals surface area contributed by atoms with Crippen molar-refractivity contribution in [1.82, 2.24) is 9.78 Å². The molecule has 1 N–H and O–H groups in total. The number of hydrogen-bond acceptors (Lipinski definition) is 5. The molecule has 3 heterocycles. The lowest BCUT2D eigenvalue weighted by atomic mass is 9.93. The minimum atomic E-state index is -0.120. The number of aryl methyl sites for hydroxylation is 1. The molecule has 0 radical (unpaired) electrons. The van der Waals surface area contributed by atoms with Gasteiger partial charge in [-0.1, -0.05) is 78.9 Å². The molecular weight excluding hydrogens is 456 g/mol. The molecule has 0 saturated heterocycles. The minimum absolute atomic E-state index is 0.120. The van der Waals surface area contributed by atoms with Crippen molar-refractivity contribution in [3.8, 4) is 5.69 Å². The van der Waals surface area contributed by atoms with Gasteiger partial charge in [-0.2, -0.15) is 5.10 Å². The van der Waals surface area contributed by atoms with Gasteiger partial charge in [-0.25, -0.2) is 14.7 Å². The zero-order chi connectivity index (χ0) is 24.8. The van der Waals surface area contributed by atoms with Gasteiger partial charge >= 0.3 is 0 Å². The van der Waals surface area contributed by atoms with Gasteiger partial charge in [0.15, 0.2) is 17.5 Å². The third kappa shape index (κ3) is 3.53. The van der Waals surface area contributed by atoms with E-state index in [1.165, 1.54) is 5.56 Å². The highest BCUT2D eigenvalue weighted by Gasteiger charge is 2.41. The number of amidine groups is 2. The zero-order valence-electron chi connectivity index (χ0n) is 20.3. The highest BCUT2D eigenvalue weighted by atomic mass is 15.4. The predicted molar refractivity (Wildman–Crippen MR) is 150 cm³/mol. The maximum Gasteiger partial charge on any atom is 0.179 e. The van der Waals surface area contributed by atoms with Crippen molar-refractivity contribution >= 4 is 34.6 Å². The molecule has 5 aromatic rings. The fourth-order valence-corrected chi connectivity index (χ4v) is 5.16. The summed E-state index contributed by atoms with van der Waals surface area (Å²) in [5.41, 5.74) is 7.06. The Morgan fingerprint density at radius 1 is 0.703 bits per heavy atom. The van der Waals surface area contributed by atoms with Gasteiger partial charge in [0.1, 0.15) is 0 Å². The first kappa shape index (κ1) is 21.3. The second-order valence-corrected chi connectivity index (χ2v) is 9.13. The monoisotopic (exact) mass is 480 g/mol. The predicted octanol–water partition coefficient (Wildman–Crippen LogP) is 6.98. The van der Waals surface area contributed by atoms with E-state index in [4.69, 9.17) is 15.1 Å². The van der Waals surface area contributed by atoms with E-state index in [2.05, 4.69) is 77.8 Å². The number of hydrogen-bond donors (Lipinski definition) is 1. The highest BCUT2D eigenvalue weighted by Crippen LogP contribution is 2.48. The van der Waals surface area contributed by atoms with E-state index in [1.54, 1.807) is 0 Å². The first-order valence-electron chi connectivity index (χ1n) is 12.4. The van der Waals surface area contributed by atoms with Crippen LogP contribution in [-0.4, -0.2) is 21.5 Å². The number of aliphatic imine (C=N–C) groups is 2. The van der Waals surface area contributed by atoms with Crippen molar-refractivity contribution in [2.45, 2.75) is 13.0 Å². The maximum atomic E-state index is 5.27. The Labute approximate surface area is 215 Å². The molecule has 6 nitrogen and oxygen atoms in total. The first-order chi connectivity index (χ1) is 18.3. The molecule has 0 amide bonds. The Hall–Kier alpha value is -4.97. The van der Waals surface area contributed by atoms with Gasteiger partial charge in [0.25, 0.3) is 0 Å². The number of aromatic nitrogens is 2. The van der Waals surface area contributed by atoms with Crippen LogP contribution in [0.5, 0.6) is 0 Å². The molecule has 37 heavy (non-hydrogen) atoms. The number of rotatable bonds is 3. The molecule has 7 rings (SSSR count). The molecule has 0 bridgehead atoms. The molecule has 0 fully saturated rings. The first-order valence-corrected chi connectivity index (χ1v) is 12.4. The quantitative estimate of drug-likeness (QED) is 0.303. The molecule has 178 valence electrons. The fraction of sp³-hybridized carbons (Fsp3) is 0.0645. The highest BCUT2D eigenvalue weighted by molar-refractivity contribution is 6.51. The van der Waals surface area contributed by atoms with Crippen LogP contribution in [0.3, 0.4) is 0 Å². The largest absolute Gasteiger partial charge is 0.337 e. The Balaban J connectivity index is 1.51. The molecule has 0 aliphatic carbocycles. The van der Waals surface area contributed by atoms with Crippen LogP contribution in [0, 0.1) is 6.92 Å². The molecular formula is C31H24N6. The Bertz CT molecular complexity index is 1650. The maximum absolute atomic E-state index is 5.27. The van der Waals surface area contributed by atoms with E-state index in [0.717, 1.165) is 45.7 Å². The molecule has 1 unspecified atom stereocenters. The van der Waals surface area contributed by atoms with Crippen LogP contribution in [0.2, 0.25) is 0 Å². The van der Waals surface area contributed by atoms with Gasteiger partial charge in [0, 0.05) is 11.3 Å². The number of nitrogens with one attached hydrogen (secondary N) is 1. The lowest BCUT2D eigenvalue weighted by Crippen LogP contribution is -2.46. The summed E-state index contributed by atoms with van der Waals surface area (Å²) in [4.78, 5) is 12.6. The molecule has 6 heteroatoms. The summed E-state index contributed by atoms with van der Waals surface area (Å²) in [7, 11) is 0. The van der Waals surface area contributed by atoms with Gasteiger partial charge in [-0.05, 0) is 48.9 Å². The molecule has 0 spiro atoms. The van der Waals surface area contributed by atoms with Crippen molar-refractivity contribution in [2.24, 2.45) is 9.98 Å². The van der Waals surface area contributed by atoms with Gasteiger partial charge in [-0.15, -0.1) is 0 Å². The SMILES string of the molecule is Cc1nn(-c2ccccc2)c2c1C(c1ccccc1)N1C(=N2)C(Nc2ccccc2)=Nc2ccccc21. The molecule has 1 atom stereocenters. The van der Waals surface area contributed by atoms with Crippen molar-refractivity contribution in [3.05, 3.63) is 132 Å². The van der Waals surface area contributed by atoms with Gasteiger partial charge in [0.05, 0.1) is 28.8 Å². The Kier molecular flexibility index (Phi) is 4.96. The molecule has 4 aromatic carbocycles. The standard InChI is InChI=1S/C31H24N6/c1-21-27-28(22-13-5-2-6-14-22)36-26-20-12-11-19-25(26)33-29(32-23-15-7-3-8-16-23)31(36)34-30(27)37(35-21)24-17-9-4-10-18-24/h2-20,28H,1H3,(H,32,33). The van der Waals surface area contributed by atoms with Gasteiger partial charge < -0.3 is 10.2 Å². The molecule has 2 aliphatic rings. The van der Waals surface area contributed by atoms with E-state index >= 15 is 0 Å². The topological polar surface area (TPSA) is 57.8 Å². The summed E-state index contributed by atoms with van der Waals surface area (Å²) < 4.78 is 1.95. The van der Waals surface area contributed by atoms with Crippen LogP contribution < -0.4 is 10.2 Å². The number of fused-ring (bicyclic) bond motifs is 4. The second kappa shape index (κ2) is 8.60. The minimum Gasteiger partial charge on any atom is -0.337 e. The number of para-hydroxylation sites is 4. The van der Waals surface area contributed by atoms with Crippen molar-refractivity contribution in [1.29, 1.82) is 0 Å². The average Bonchev–Trinajstić information content (AvgIpc) is 3.29. The average molecular weight is 481 g/mol. The van der Waals surface area contributed by atoms with E-state index < -0.39 is 0 Å². The number of nitrogens with zero attached hydrogens (tertiary/aromatic N) is 5. The van der Waals surface area contributed by atoms with Crippen LogP contribution >= 0.6 is 0 Å². The zero-order valence-corrected chi connectivity index (χ0v) is 20.3. The van der Waals surface area contributed by atoms with E-state index in [9.17, 15) is 0 Å². The Morgan fingerprint density at radius 2 is 1.35 bits per heavy atom. The van der Waals surface area contributed by atoms with E-state index in [1.807, 2.05) is 59.3 Å². The smallest absolute Gasteiger partial charge is 0.179 e.